The smallest absolute Gasteiger partial charge is 0.270 e. The number of carbonyl (C=O) groups excluding carboxylic acids is 1. The maximum Gasteiger partial charge on any atom is 0.270 e. The molecule has 8 heteroatoms. The number of aromatic nitrogens is 2. The summed E-state index contributed by atoms with van der Waals surface area (Å²) in [4.78, 5) is 17.2. The molecule has 4 rings (SSSR count). The van der Waals surface area contributed by atoms with Crippen molar-refractivity contribution in [3.05, 3.63) is 52.7 Å². The molecule has 5 nitrogen and oxygen atoms in total. The molecule has 1 aliphatic rings. The lowest BCUT2D eigenvalue weighted by Crippen LogP contribution is -2.12. The Balaban J connectivity index is 1.57. The predicted molar refractivity (Wildman–Crippen MR) is 83.9 cm³/mol. The van der Waals surface area contributed by atoms with E-state index in [0.717, 1.165) is 25.0 Å². The number of hydrogen-bond acceptors (Lipinski definition) is 5. The van der Waals surface area contributed by atoms with Crippen LogP contribution < -0.4 is 5.32 Å². The average Bonchev–Trinajstić information content (AvgIpc) is 3.12. The second-order valence-electron chi connectivity index (χ2n) is 5.48. The molecule has 1 N–H and O–H groups in total. The van der Waals surface area contributed by atoms with E-state index in [9.17, 15) is 13.6 Å². The minimum atomic E-state index is -1.07. The van der Waals surface area contributed by atoms with Crippen molar-refractivity contribution in [2.75, 3.05) is 5.32 Å². The van der Waals surface area contributed by atoms with Gasteiger partial charge in [-0.15, -0.1) is 11.3 Å². The third-order valence-corrected chi connectivity index (χ3v) is 4.58. The lowest BCUT2D eigenvalue weighted by atomic mass is 10.2. The Morgan fingerprint density at radius 1 is 1.25 bits per heavy atom. The van der Waals surface area contributed by atoms with Crippen LogP contribution in [0.25, 0.3) is 10.8 Å². The first kappa shape index (κ1) is 14.9. The molecule has 1 fully saturated rings. The van der Waals surface area contributed by atoms with Crippen LogP contribution in [-0.4, -0.2) is 16.0 Å². The zero-order valence-electron chi connectivity index (χ0n) is 12.3. The third kappa shape index (κ3) is 2.80. The maximum absolute atomic E-state index is 13.3. The number of nitrogens with one attached hydrogen (secondary N) is 1. The second-order valence-corrected chi connectivity index (χ2v) is 6.39. The van der Waals surface area contributed by atoms with Gasteiger partial charge in [0.1, 0.15) is 4.88 Å². The van der Waals surface area contributed by atoms with Gasteiger partial charge in [-0.25, -0.2) is 8.78 Å². The first-order valence-corrected chi connectivity index (χ1v) is 8.17. The lowest BCUT2D eigenvalue weighted by Gasteiger charge is -2.05. The fourth-order valence-corrected chi connectivity index (χ4v) is 3.01. The van der Waals surface area contributed by atoms with E-state index in [2.05, 4.69) is 15.5 Å². The van der Waals surface area contributed by atoms with E-state index in [0.29, 0.717) is 28.2 Å². The van der Waals surface area contributed by atoms with Crippen LogP contribution in [0.1, 0.15) is 34.9 Å². The summed E-state index contributed by atoms with van der Waals surface area (Å²) in [5.41, 5.74) is 0.510. The fourth-order valence-electron chi connectivity index (χ4n) is 2.24. The van der Waals surface area contributed by atoms with Gasteiger partial charge in [0.05, 0.1) is 5.69 Å². The fraction of sp³-hybridized carbons (Fsp3) is 0.188. The number of anilines is 1. The standard InChI is InChI=1S/C16H11F2N3O2S/c17-10-4-3-9(7-11(10)18)15(22)19-12-5-6-24-13(12)16-20-14(21-23-16)8-1-2-8/h3-8H,1-2H2,(H,19,22). The minimum absolute atomic E-state index is 0.0234. The highest BCUT2D eigenvalue weighted by Gasteiger charge is 2.29. The Hall–Kier alpha value is -2.61. The van der Waals surface area contributed by atoms with E-state index in [1.165, 1.54) is 17.4 Å². The van der Waals surface area contributed by atoms with Gasteiger partial charge in [-0.3, -0.25) is 4.79 Å². The van der Waals surface area contributed by atoms with E-state index in [4.69, 9.17) is 4.52 Å². The summed E-state index contributed by atoms with van der Waals surface area (Å²) in [7, 11) is 0. The van der Waals surface area contributed by atoms with Crippen molar-refractivity contribution in [2.24, 2.45) is 0 Å². The topological polar surface area (TPSA) is 68.0 Å². The molecule has 1 saturated carbocycles. The van der Waals surface area contributed by atoms with Crippen LogP contribution in [0.4, 0.5) is 14.5 Å². The summed E-state index contributed by atoms with van der Waals surface area (Å²) < 4.78 is 31.5. The molecule has 3 aromatic rings. The van der Waals surface area contributed by atoms with Crippen molar-refractivity contribution in [1.82, 2.24) is 10.1 Å². The van der Waals surface area contributed by atoms with Crippen LogP contribution in [-0.2, 0) is 0 Å². The van der Waals surface area contributed by atoms with Crippen molar-refractivity contribution in [2.45, 2.75) is 18.8 Å². The van der Waals surface area contributed by atoms with E-state index in [-0.39, 0.29) is 5.56 Å². The summed E-state index contributed by atoms with van der Waals surface area (Å²) >= 11 is 1.35. The molecule has 122 valence electrons. The summed E-state index contributed by atoms with van der Waals surface area (Å²) in [6, 6.07) is 4.68. The molecule has 1 aromatic carbocycles. The molecular formula is C16H11F2N3O2S. The summed E-state index contributed by atoms with van der Waals surface area (Å²) in [6.45, 7) is 0. The molecule has 0 aliphatic heterocycles. The van der Waals surface area contributed by atoms with Gasteiger partial charge in [0.2, 0.25) is 0 Å². The van der Waals surface area contributed by atoms with Crippen molar-refractivity contribution < 1.29 is 18.1 Å². The molecule has 0 bridgehead atoms. The first-order valence-electron chi connectivity index (χ1n) is 7.29. The summed E-state index contributed by atoms with van der Waals surface area (Å²) in [6.07, 6.45) is 2.12. The Bertz CT molecular complexity index is 918. The second kappa shape index (κ2) is 5.79. The molecule has 2 heterocycles. The molecule has 0 unspecified atom stereocenters. The SMILES string of the molecule is O=C(Nc1ccsc1-c1nc(C2CC2)no1)c1ccc(F)c(F)c1. The number of halogens is 2. The van der Waals surface area contributed by atoms with Gasteiger partial charge < -0.3 is 9.84 Å². The average molecular weight is 347 g/mol. The van der Waals surface area contributed by atoms with Crippen molar-refractivity contribution in [3.8, 4) is 10.8 Å². The largest absolute Gasteiger partial charge is 0.333 e. The highest BCUT2D eigenvalue weighted by atomic mass is 32.1. The summed E-state index contributed by atoms with van der Waals surface area (Å²) in [5, 5.41) is 8.39. The molecule has 24 heavy (non-hydrogen) atoms. The normalized spacial score (nSPS) is 13.9. The van der Waals surface area contributed by atoms with Crippen molar-refractivity contribution in [3.63, 3.8) is 0 Å². The van der Waals surface area contributed by atoms with Crippen LogP contribution in [0.3, 0.4) is 0 Å². The Morgan fingerprint density at radius 3 is 2.83 bits per heavy atom. The van der Waals surface area contributed by atoms with Gasteiger partial charge in [0, 0.05) is 11.5 Å². The minimum Gasteiger partial charge on any atom is -0.333 e. The van der Waals surface area contributed by atoms with Gasteiger partial charge in [0.15, 0.2) is 17.5 Å². The van der Waals surface area contributed by atoms with Crippen LogP contribution in [0.2, 0.25) is 0 Å². The summed E-state index contributed by atoms with van der Waals surface area (Å²) in [5.74, 6) is -1.23. The van der Waals surface area contributed by atoms with Crippen molar-refractivity contribution >= 4 is 22.9 Å². The van der Waals surface area contributed by atoms with E-state index < -0.39 is 17.5 Å². The van der Waals surface area contributed by atoms with E-state index >= 15 is 0 Å². The van der Waals surface area contributed by atoms with Gasteiger partial charge in [-0.2, -0.15) is 4.98 Å². The zero-order chi connectivity index (χ0) is 16.7. The van der Waals surface area contributed by atoms with Crippen LogP contribution >= 0.6 is 11.3 Å². The zero-order valence-corrected chi connectivity index (χ0v) is 13.1. The number of benzene rings is 1. The molecule has 1 amide bonds. The van der Waals surface area contributed by atoms with Gasteiger partial charge in [-0.1, -0.05) is 5.16 Å². The Morgan fingerprint density at radius 2 is 2.08 bits per heavy atom. The lowest BCUT2D eigenvalue weighted by molar-refractivity contribution is 0.102. The van der Waals surface area contributed by atoms with E-state index in [1.54, 1.807) is 11.4 Å². The quantitative estimate of drug-likeness (QED) is 0.768. The van der Waals surface area contributed by atoms with E-state index in [1.807, 2.05) is 0 Å². The molecular weight excluding hydrogens is 336 g/mol. The Kier molecular flexibility index (Phi) is 3.61. The monoisotopic (exact) mass is 347 g/mol. The molecule has 0 radical (unpaired) electrons. The molecule has 0 spiro atoms. The maximum atomic E-state index is 13.3. The number of rotatable bonds is 4. The molecule has 0 saturated heterocycles. The number of carbonyl (C=O) groups is 1. The molecule has 1 aliphatic carbocycles. The Labute approximate surface area is 139 Å². The third-order valence-electron chi connectivity index (χ3n) is 3.67. The van der Waals surface area contributed by atoms with Crippen LogP contribution in [0.5, 0.6) is 0 Å². The van der Waals surface area contributed by atoms with Crippen LogP contribution in [0, 0.1) is 11.6 Å². The number of thiophene rings is 1. The predicted octanol–water partition coefficient (Wildman–Crippen LogP) is 4.21. The van der Waals surface area contributed by atoms with Crippen molar-refractivity contribution in [1.29, 1.82) is 0 Å². The number of hydrogen-bond donors (Lipinski definition) is 1. The number of nitrogens with zero attached hydrogens (tertiary/aromatic N) is 2. The first-order chi connectivity index (χ1) is 11.6. The van der Waals surface area contributed by atoms with Crippen LogP contribution in [0.15, 0.2) is 34.2 Å². The molecule has 2 aromatic heterocycles. The molecule has 0 atom stereocenters. The van der Waals surface area contributed by atoms with Gasteiger partial charge >= 0.3 is 0 Å². The van der Waals surface area contributed by atoms with Gasteiger partial charge in [0.25, 0.3) is 11.8 Å². The highest BCUT2D eigenvalue weighted by molar-refractivity contribution is 7.14. The van der Waals surface area contributed by atoms with Gasteiger partial charge in [-0.05, 0) is 42.5 Å². The number of amides is 1. The highest BCUT2D eigenvalue weighted by Crippen LogP contribution is 2.40.